The Bertz CT molecular complexity index is 802. The number of thiophene rings is 1. The molecule has 1 aliphatic carbocycles. The molecule has 1 aromatic carbocycles. The number of hydrogen-bond acceptors (Lipinski definition) is 4. The lowest BCUT2D eigenvalue weighted by molar-refractivity contribution is 0.0935. The fraction of sp³-hybridized carbons (Fsp3) is 0.353. The number of halogens is 1. The molecular weight excluding hydrogens is 423 g/mol. The molecule has 2 aliphatic rings. The van der Waals surface area contributed by atoms with Crippen LogP contribution in [-0.4, -0.2) is 11.0 Å². The number of aromatic hydroxyl groups is 1. The smallest absolute Gasteiger partial charge is 0.256 e. The topological polar surface area (TPSA) is 61.4 Å². The molecule has 1 aromatic heterocycles. The van der Waals surface area contributed by atoms with E-state index in [1.807, 2.05) is 12.1 Å². The molecule has 0 saturated carbocycles. The Morgan fingerprint density at radius 3 is 2.96 bits per heavy atom. The van der Waals surface area contributed by atoms with Gasteiger partial charge in [-0.05, 0) is 71.0 Å². The number of hydrogen-bond donors (Lipinski definition) is 3. The van der Waals surface area contributed by atoms with Crippen LogP contribution in [0.3, 0.4) is 0 Å². The van der Waals surface area contributed by atoms with Crippen molar-refractivity contribution in [1.29, 1.82) is 0 Å². The summed E-state index contributed by atoms with van der Waals surface area (Å²) in [5.74, 6) is 0.969. The lowest BCUT2D eigenvalue weighted by Crippen LogP contribution is -2.38. The van der Waals surface area contributed by atoms with Crippen LogP contribution in [0.2, 0.25) is 0 Å². The van der Waals surface area contributed by atoms with Gasteiger partial charge in [0.25, 0.3) is 5.91 Å². The first-order valence-electron chi connectivity index (χ1n) is 7.73. The lowest BCUT2D eigenvalue weighted by atomic mass is 9.88. The molecule has 0 bridgehead atoms. The van der Waals surface area contributed by atoms with Crippen LogP contribution in [0.25, 0.3) is 0 Å². The minimum absolute atomic E-state index is 0.0129. The summed E-state index contributed by atoms with van der Waals surface area (Å²) in [5, 5.41) is 17.2. The molecule has 2 unspecified atom stereocenters. The van der Waals surface area contributed by atoms with E-state index >= 15 is 0 Å². The largest absolute Gasteiger partial charge is 0.507 e. The molecule has 6 heteroatoms. The number of rotatable bonds is 1. The first-order chi connectivity index (χ1) is 11.0. The molecule has 1 aliphatic heterocycles. The zero-order chi connectivity index (χ0) is 16.1. The highest BCUT2D eigenvalue weighted by molar-refractivity contribution is 14.1. The number of carbonyl (C=O) groups excluding carboxylic acids is 1. The zero-order valence-corrected chi connectivity index (χ0v) is 15.6. The van der Waals surface area contributed by atoms with Crippen molar-refractivity contribution in [3.63, 3.8) is 0 Å². The van der Waals surface area contributed by atoms with Crippen LogP contribution in [0, 0.1) is 9.49 Å². The minimum atomic E-state index is -0.248. The van der Waals surface area contributed by atoms with Crippen LogP contribution in [0.5, 0.6) is 5.75 Å². The van der Waals surface area contributed by atoms with Crippen molar-refractivity contribution in [2.75, 3.05) is 5.32 Å². The number of benzene rings is 1. The third kappa shape index (κ3) is 2.61. The summed E-state index contributed by atoms with van der Waals surface area (Å²) in [5.41, 5.74) is 3.04. The Morgan fingerprint density at radius 1 is 1.35 bits per heavy atom. The van der Waals surface area contributed by atoms with Crippen molar-refractivity contribution in [2.45, 2.75) is 32.4 Å². The fourth-order valence-electron chi connectivity index (χ4n) is 3.33. The molecule has 2 heterocycles. The second-order valence-corrected chi connectivity index (χ2v) is 8.58. The molecule has 120 valence electrons. The van der Waals surface area contributed by atoms with Gasteiger partial charge >= 0.3 is 0 Å². The number of nitrogens with one attached hydrogen (secondary N) is 2. The number of carbonyl (C=O) groups is 1. The van der Waals surface area contributed by atoms with Crippen LogP contribution in [-0.2, 0) is 12.8 Å². The van der Waals surface area contributed by atoms with Crippen LogP contribution in [0.4, 0.5) is 5.00 Å². The molecule has 2 aromatic rings. The van der Waals surface area contributed by atoms with Crippen molar-refractivity contribution in [1.82, 2.24) is 5.32 Å². The monoisotopic (exact) mass is 440 g/mol. The molecule has 0 fully saturated rings. The Kier molecular flexibility index (Phi) is 3.76. The molecule has 0 saturated heterocycles. The van der Waals surface area contributed by atoms with Crippen molar-refractivity contribution in [2.24, 2.45) is 5.92 Å². The molecule has 4 nitrogen and oxygen atoms in total. The van der Waals surface area contributed by atoms with Gasteiger partial charge in [0.1, 0.15) is 16.9 Å². The van der Waals surface area contributed by atoms with Crippen molar-refractivity contribution in [3.05, 3.63) is 43.3 Å². The van der Waals surface area contributed by atoms with Gasteiger partial charge in [0.2, 0.25) is 0 Å². The lowest BCUT2D eigenvalue weighted by Gasteiger charge is -2.27. The van der Waals surface area contributed by atoms with Gasteiger partial charge in [0.05, 0.1) is 9.13 Å². The standard InChI is InChI=1S/C17H17IN2O2S/c1-8-2-4-10-13(6-8)23-17-14(10)16(22)19-15(20-17)9-3-5-12(21)11(18)7-9/h3,5,7-8,15,20-21H,2,4,6H2,1H3,(H,19,22). The van der Waals surface area contributed by atoms with E-state index in [1.54, 1.807) is 17.4 Å². The van der Waals surface area contributed by atoms with Crippen LogP contribution >= 0.6 is 33.9 Å². The van der Waals surface area contributed by atoms with E-state index in [-0.39, 0.29) is 17.8 Å². The van der Waals surface area contributed by atoms with Crippen LogP contribution in [0.1, 0.15) is 45.9 Å². The molecule has 2 atom stereocenters. The molecule has 3 N–H and O–H groups in total. The zero-order valence-electron chi connectivity index (χ0n) is 12.6. The molecule has 23 heavy (non-hydrogen) atoms. The van der Waals surface area contributed by atoms with E-state index in [2.05, 4.69) is 40.1 Å². The predicted molar refractivity (Wildman–Crippen MR) is 100 cm³/mol. The SMILES string of the molecule is CC1CCc2c(sc3c2C(=O)NC(c2ccc(O)c(I)c2)N3)C1. The fourth-order valence-corrected chi connectivity index (χ4v) is 5.31. The summed E-state index contributed by atoms with van der Waals surface area (Å²) in [7, 11) is 0. The van der Waals surface area contributed by atoms with Gasteiger partial charge in [-0.1, -0.05) is 13.0 Å². The Labute approximate surface area is 152 Å². The van der Waals surface area contributed by atoms with E-state index in [9.17, 15) is 9.90 Å². The Morgan fingerprint density at radius 2 is 2.17 bits per heavy atom. The second kappa shape index (κ2) is 5.66. The van der Waals surface area contributed by atoms with Crippen molar-refractivity contribution < 1.29 is 9.90 Å². The van der Waals surface area contributed by atoms with Gasteiger partial charge in [-0.2, -0.15) is 0 Å². The highest BCUT2D eigenvalue weighted by Crippen LogP contribution is 2.42. The highest BCUT2D eigenvalue weighted by atomic mass is 127. The van der Waals surface area contributed by atoms with E-state index in [0.29, 0.717) is 5.92 Å². The maximum Gasteiger partial charge on any atom is 0.256 e. The van der Waals surface area contributed by atoms with Crippen LogP contribution in [0.15, 0.2) is 18.2 Å². The average molecular weight is 440 g/mol. The number of amides is 1. The summed E-state index contributed by atoms with van der Waals surface area (Å²) < 4.78 is 0.779. The summed E-state index contributed by atoms with van der Waals surface area (Å²) in [6.07, 6.45) is 2.98. The van der Waals surface area contributed by atoms with Gasteiger partial charge in [0.15, 0.2) is 0 Å². The van der Waals surface area contributed by atoms with Crippen LogP contribution < -0.4 is 10.6 Å². The molecule has 4 rings (SSSR count). The number of phenols is 1. The first kappa shape index (κ1) is 15.3. The molecule has 0 radical (unpaired) electrons. The van der Waals surface area contributed by atoms with Gasteiger partial charge in [-0.25, -0.2) is 0 Å². The molecular formula is C17H17IN2O2S. The predicted octanol–water partition coefficient (Wildman–Crippen LogP) is 4.04. The number of anilines is 1. The van der Waals surface area contributed by atoms with Gasteiger partial charge in [-0.15, -0.1) is 11.3 Å². The van der Waals surface area contributed by atoms with E-state index < -0.39 is 0 Å². The van der Waals surface area contributed by atoms with Gasteiger partial charge in [-0.3, -0.25) is 4.79 Å². The normalized spacial score (nSPS) is 22.8. The maximum atomic E-state index is 12.6. The van der Waals surface area contributed by atoms with Gasteiger partial charge < -0.3 is 15.7 Å². The summed E-state index contributed by atoms with van der Waals surface area (Å²) in [6.45, 7) is 2.27. The van der Waals surface area contributed by atoms with E-state index in [1.165, 1.54) is 10.4 Å². The number of fused-ring (bicyclic) bond motifs is 3. The summed E-state index contributed by atoms with van der Waals surface area (Å²) >= 11 is 3.82. The summed E-state index contributed by atoms with van der Waals surface area (Å²) in [4.78, 5) is 14.0. The quantitative estimate of drug-likeness (QED) is 0.587. The second-order valence-electron chi connectivity index (χ2n) is 6.32. The summed E-state index contributed by atoms with van der Waals surface area (Å²) in [6, 6.07) is 5.41. The highest BCUT2D eigenvalue weighted by Gasteiger charge is 2.33. The molecule has 0 spiro atoms. The Balaban J connectivity index is 1.70. The van der Waals surface area contributed by atoms with Crippen molar-refractivity contribution in [3.8, 4) is 5.75 Å². The Hall–Kier alpha value is -1.28. The van der Waals surface area contributed by atoms with E-state index in [0.717, 1.165) is 39.0 Å². The molecule has 1 amide bonds. The minimum Gasteiger partial charge on any atom is -0.507 e. The third-order valence-electron chi connectivity index (χ3n) is 4.59. The van der Waals surface area contributed by atoms with Crippen molar-refractivity contribution >= 4 is 44.8 Å². The van der Waals surface area contributed by atoms with E-state index in [4.69, 9.17) is 0 Å². The first-order valence-corrected chi connectivity index (χ1v) is 9.63. The average Bonchev–Trinajstić information content (AvgIpc) is 2.87. The van der Waals surface area contributed by atoms with Gasteiger partial charge in [0, 0.05) is 4.88 Å². The third-order valence-corrected chi connectivity index (χ3v) is 6.64. The maximum absolute atomic E-state index is 12.6. The number of phenolic OH excluding ortho intramolecular Hbond substituents is 1.